The Morgan fingerprint density at radius 2 is 1.87 bits per heavy atom. The average molecular weight is 319 g/mol. The van der Waals surface area contributed by atoms with Crippen LogP contribution in [0.2, 0.25) is 0 Å². The summed E-state index contributed by atoms with van der Waals surface area (Å²) in [5, 5.41) is 11.5. The second-order valence-corrected chi connectivity index (χ2v) is 6.27. The van der Waals surface area contributed by atoms with Crippen LogP contribution in [0, 0.1) is 0 Å². The molecule has 0 spiro atoms. The summed E-state index contributed by atoms with van der Waals surface area (Å²) in [6.45, 7) is 5.18. The topological polar surface area (TPSA) is 75.6 Å². The quantitative estimate of drug-likeness (QED) is 0.754. The van der Waals surface area contributed by atoms with Crippen molar-refractivity contribution in [2.45, 2.75) is 51.7 Å². The summed E-state index contributed by atoms with van der Waals surface area (Å²) < 4.78 is 5.07. The highest BCUT2D eigenvalue weighted by Crippen LogP contribution is 2.08. The first kappa shape index (κ1) is 18.7. The summed E-state index contributed by atoms with van der Waals surface area (Å²) in [4.78, 5) is 22.8. The number of carbonyl (C=O) groups excluding carboxylic acids is 1. The Morgan fingerprint density at radius 1 is 1.22 bits per heavy atom. The Morgan fingerprint density at radius 3 is 2.43 bits per heavy atom. The first-order valence-electron chi connectivity index (χ1n) is 7.69. The number of allylic oxidation sites excluding steroid dienone is 1. The predicted octanol–water partition coefficient (Wildman–Crippen LogP) is 3.54. The van der Waals surface area contributed by atoms with Gasteiger partial charge in [0.25, 0.3) is 0 Å². The molecule has 0 bridgehead atoms. The molecule has 0 saturated carbocycles. The summed E-state index contributed by atoms with van der Waals surface area (Å²) in [6, 6.07) is 9.07. The SMILES string of the molecule is CC(C)(C)OC(=O)N[C@@H](CC=CCCc1ccccc1)C(=O)O. The number of carboxylic acids is 1. The van der Waals surface area contributed by atoms with Crippen molar-refractivity contribution in [1.82, 2.24) is 5.32 Å². The average Bonchev–Trinajstić information content (AvgIpc) is 2.44. The molecule has 0 aliphatic heterocycles. The van der Waals surface area contributed by atoms with Crippen LogP contribution in [0.1, 0.15) is 39.2 Å². The van der Waals surface area contributed by atoms with Crippen molar-refractivity contribution in [3.8, 4) is 0 Å². The molecule has 2 N–H and O–H groups in total. The van der Waals surface area contributed by atoms with Gasteiger partial charge in [-0.25, -0.2) is 9.59 Å². The molecular formula is C18H25NO4. The second kappa shape index (κ2) is 8.98. The Kier molecular flexibility index (Phi) is 7.32. The number of alkyl carbamates (subject to hydrolysis) is 1. The van der Waals surface area contributed by atoms with Gasteiger partial charge >= 0.3 is 12.1 Å². The third-order valence-electron chi connectivity index (χ3n) is 2.97. The van der Waals surface area contributed by atoms with Gasteiger partial charge in [0, 0.05) is 0 Å². The van der Waals surface area contributed by atoms with Crippen LogP contribution >= 0.6 is 0 Å². The minimum absolute atomic E-state index is 0.226. The molecule has 0 aliphatic carbocycles. The third-order valence-corrected chi connectivity index (χ3v) is 2.97. The number of aliphatic carboxylic acids is 1. The van der Waals surface area contributed by atoms with E-state index >= 15 is 0 Å². The Labute approximate surface area is 137 Å². The molecule has 23 heavy (non-hydrogen) atoms. The van der Waals surface area contributed by atoms with Crippen LogP contribution in [-0.2, 0) is 16.0 Å². The first-order chi connectivity index (χ1) is 10.8. The number of hydrogen-bond acceptors (Lipinski definition) is 3. The highest BCUT2D eigenvalue weighted by Gasteiger charge is 2.22. The van der Waals surface area contributed by atoms with Gasteiger partial charge in [0.2, 0.25) is 0 Å². The van der Waals surface area contributed by atoms with Gasteiger partial charge in [-0.15, -0.1) is 0 Å². The van der Waals surface area contributed by atoms with E-state index in [-0.39, 0.29) is 6.42 Å². The summed E-state index contributed by atoms with van der Waals surface area (Å²) in [6.07, 6.45) is 4.93. The number of rotatable bonds is 7. The maximum atomic E-state index is 11.6. The van der Waals surface area contributed by atoms with Crippen molar-refractivity contribution in [3.05, 3.63) is 48.0 Å². The number of ether oxygens (including phenoxy) is 1. The largest absolute Gasteiger partial charge is 0.480 e. The van der Waals surface area contributed by atoms with Crippen molar-refractivity contribution in [1.29, 1.82) is 0 Å². The molecule has 126 valence electrons. The van der Waals surface area contributed by atoms with E-state index in [1.165, 1.54) is 5.56 Å². The Hall–Kier alpha value is -2.30. The molecule has 0 saturated heterocycles. The minimum Gasteiger partial charge on any atom is -0.480 e. The second-order valence-electron chi connectivity index (χ2n) is 6.27. The molecule has 0 unspecified atom stereocenters. The molecule has 5 nitrogen and oxygen atoms in total. The van der Waals surface area contributed by atoms with Crippen LogP contribution in [0.15, 0.2) is 42.5 Å². The van der Waals surface area contributed by atoms with Gasteiger partial charge in [0.05, 0.1) is 0 Å². The van der Waals surface area contributed by atoms with Gasteiger partial charge in [-0.05, 0) is 45.6 Å². The van der Waals surface area contributed by atoms with Gasteiger partial charge in [-0.2, -0.15) is 0 Å². The summed E-state index contributed by atoms with van der Waals surface area (Å²) in [5.41, 5.74) is 0.581. The number of nitrogens with one attached hydrogen (secondary N) is 1. The molecule has 1 atom stereocenters. The van der Waals surface area contributed by atoms with E-state index in [0.717, 1.165) is 12.8 Å². The maximum absolute atomic E-state index is 11.6. The van der Waals surface area contributed by atoms with Crippen LogP contribution in [-0.4, -0.2) is 28.8 Å². The van der Waals surface area contributed by atoms with E-state index in [0.29, 0.717) is 0 Å². The molecule has 0 aromatic heterocycles. The van der Waals surface area contributed by atoms with E-state index < -0.39 is 23.7 Å². The van der Waals surface area contributed by atoms with Gasteiger partial charge in [0.15, 0.2) is 0 Å². The summed E-state index contributed by atoms with van der Waals surface area (Å²) in [7, 11) is 0. The van der Waals surface area contributed by atoms with Gasteiger partial charge < -0.3 is 15.2 Å². The molecule has 1 aromatic rings. The molecule has 1 amide bonds. The fraction of sp³-hybridized carbons (Fsp3) is 0.444. The maximum Gasteiger partial charge on any atom is 0.408 e. The van der Waals surface area contributed by atoms with E-state index in [1.807, 2.05) is 24.3 Å². The lowest BCUT2D eigenvalue weighted by molar-refractivity contribution is -0.139. The number of amides is 1. The molecule has 0 fully saturated rings. The molecular weight excluding hydrogens is 294 g/mol. The van der Waals surface area contributed by atoms with E-state index in [1.54, 1.807) is 26.8 Å². The molecule has 1 rings (SSSR count). The standard InChI is InChI=1S/C18H25NO4/c1-18(2,3)23-17(22)19-15(16(20)21)13-9-5-8-12-14-10-6-4-7-11-14/h4-7,9-11,15H,8,12-13H2,1-3H3,(H,19,22)(H,20,21)/t15-/m0/s1. The monoisotopic (exact) mass is 319 g/mol. The van der Waals surface area contributed by atoms with Gasteiger partial charge in [-0.1, -0.05) is 42.5 Å². The van der Waals surface area contributed by atoms with Crippen LogP contribution in [0.4, 0.5) is 4.79 Å². The zero-order valence-electron chi connectivity index (χ0n) is 13.9. The highest BCUT2D eigenvalue weighted by molar-refractivity contribution is 5.80. The number of benzene rings is 1. The molecule has 1 aromatic carbocycles. The van der Waals surface area contributed by atoms with Crippen molar-refractivity contribution in [3.63, 3.8) is 0 Å². The Balaban J connectivity index is 2.39. The summed E-state index contributed by atoms with van der Waals surface area (Å²) >= 11 is 0. The van der Waals surface area contributed by atoms with Gasteiger partial charge in [0.1, 0.15) is 11.6 Å². The number of carboxylic acid groups (broad SMARTS) is 1. The van der Waals surface area contributed by atoms with Crippen LogP contribution in [0.5, 0.6) is 0 Å². The molecule has 0 aliphatic rings. The van der Waals surface area contributed by atoms with Crippen LogP contribution in [0.3, 0.4) is 0 Å². The molecule has 0 heterocycles. The van der Waals surface area contributed by atoms with E-state index in [2.05, 4.69) is 17.4 Å². The highest BCUT2D eigenvalue weighted by atomic mass is 16.6. The lowest BCUT2D eigenvalue weighted by atomic mass is 10.1. The summed E-state index contributed by atoms with van der Waals surface area (Å²) in [5.74, 6) is -1.08. The number of aryl methyl sites for hydroxylation is 1. The molecule has 5 heteroatoms. The van der Waals surface area contributed by atoms with Crippen molar-refractivity contribution < 1.29 is 19.4 Å². The fourth-order valence-electron chi connectivity index (χ4n) is 1.92. The zero-order chi connectivity index (χ0) is 17.3. The number of carbonyl (C=O) groups is 2. The first-order valence-corrected chi connectivity index (χ1v) is 7.69. The van der Waals surface area contributed by atoms with Crippen LogP contribution < -0.4 is 5.32 Å². The zero-order valence-corrected chi connectivity index (χ0v) is 13.9. The van der Waals surface area contributed by atoms with Crippen LogP contribution in [0.25, 0.3) is 0 Å². The van der Waals surface area contributed by atoms with Gasteiger partial charge in [-0.3, -0.25) is 0 Å². The molecule has 0 radical (unpaired) electrons. The lowest BCUT2D eigenvalue weighted by Gasteiger charge is -2.21. The Bertz CT molecular complexity index is 532. The number of hydrogen-bond donors (Lipinski definition) is 2. The third kappa shape index (κ3) is 8.66. The lowest BCUT2D eigenvalue weighted by Crippen LogP contribution is -2.43. The predicted molar refractivity (Wildman–Crippen MR) is 89.3 cm³/mol. The fourth-order valence-corrected chi connectivity index (χ4v) is 1.92. The smallest absolute Gasteiger partial charge is 0.408 e. The van der Waals surface area contributed by atoms with Crippen molar-refractivity contribution in [2.24, 2.45) is 0 Å². The van der Waals surface area contributed by atoms with E-state index in [4.69, 9.17) is 9.84 Å². The minimum atomic E-state index is -1.08. The van der Waals surface area contributed by atoms with Crippen molar-refractivity contribution in [2.75, 3.05) is 0 Å². The van der Waals surface area contributed by atoms with Crippen molar-refractivity contribution >= 4 is 12.1 Å². The normalized spacial score (nSPS) is 12.8. The van der Waals surface area contributed by atoms with E-state index in [9.17, 15) is 9.59 Å².